The maximum atomic E-state index is 3.60. The van der Waals surface area contributed by atoms with Crippen molar-refractivity contribution in [2.24, 2.45) is 0 Å². The number of aryl methyl sites for hydroxylation is 1. The molecular weight excluding hydrogens is 156 g/mol. The van der Waals surface area contributed by atoms with Crippen molar-refractivity contribution in [3.8, 4) is 0 Å². The zero-order valence-electron chi connectivity index (χ0n) is 7.90. The Kier molecular flexibility index (Phi) is 3.77. The Hall–Kier alpha value is -1.56. The number of rotatable bonds is 3. The Labute approximate surface area is 79.9 Å². The van der Waals surface area contributed by atoms with Gasteiger partial charge in [0.2, 0.25) is 0 Å². The highest BCUT2D eigenvalue weighted by Gasteiger charge is 1.88. The molecule has 0 fully saturated rings. The fourth-order valence-corrected chi connectivity index (χ4v) is 1.08. The van der Waals surface area contributed by atoms with Crippen molar-refractivity contribution < 1.29 is 0 Å². The van der Waals surface area contributed by atoms with E-state index in [0.717, 1.165) is 0 Å². The van der Waals surface area contributed by atoms with Gasteiger partial charge in [-0.25, -0.2) is 0 Å². The van der Waals surface area contributed by atoms with Crippen LogP contribution in [0.15, 0.2) is 55.1 Å². The standard InChI is InChI=1S/C13H14/c1-3-4-5-6-10-13-11-8-7-9-12(13)2/h3-11H,1H2,2H3. The van der Waals surface area contributed by atoms with Gasteiger partial charge in [-0.3, -0.25) is 0 Å². The average Bonchev–Trinajstić information content (AvgIpc) is 2.15. The van der Waals surface area contributed by atoms with Crippen molar-refractivity contribution in [1.82, 2.24) is 0 Å². The van der Waals surface area contributed by atoms with E-state index in [0.29, 0.717) is 0 Å². The Balaban J connectivity index is 2.74. The second kappa shape index (κ2) is 5.15. The van der Waals surface area contributed by atoms with E-state index in [2.05, 4.69) is 31.7 Å². The number of hydrogen-bond acceptors (Lipinski definition) is 0. The predicted octanol–water partition coefficient (Wildman–Crippen LogP) is 3.75. The molecule has 0 aliphatic carbocycles. The zero-order chi connectivity index (χ0) is 9.52. The minimum absolute atomic E-state index is 1.26. The molecule has 0 aromatic heterocycles. The van der Waals surface area contributed by atoms with Gasteiger partial charge in [0, 0.05) is 0 Å². The summed E-state index contributed by atoms with van der Waals surface area (Å²) in [4.78, 5) is 0. The highest BCUT2D eigenvalue weighted by atomic mass is 13.9. The molecule has 0 radical (unpaired) electrons. The summed E-state index contributed by atoms with van der Waals surface area (Å²) in [6.07, 6.45) is 9.76. The van der Waals surface area contributed by atoms with E-state index in [-0.39, 0.29) is 0 Å². The summed E-state index contributed by atoms with van der Waals surface area (Å²) in [5.74, 6) is 0. The van der Waals surface area contributed by atoms with Gasteiger partial charge in [-0.15, -0.1) is 0 Å². The normalized spacial score (nSPS) is 11.2. The molecule has 1 aromatic carbocycles. The Morgan fingerprint density at radius 1 is 1.08 bits per heavy atom. The minimum atomic E-state index is 1.26. The third-order valence-corrected chi connectivity index (χ3v) is 1.82. The maximum absolute atomic E-state index is 3.60. The Morgan fingerprint density at radius 3 is 2.54 bits per heavy atom. The van der Waals surface area contributed by atoms with Crippen molar-refractivity contribution in [1.29, 1.82) is 0 Å². The summed E-state index contributed by atoms with van der Waals surface area (Å²) in [6.45, 7) is 5.71. The van der Waals surface area contributed by atoms with Crippen LogP contribution in [0.2, 0.25) is 0 Å². The second-order valence-corrected chi connectivity index (χ2v) is 2.84. The van der Waals surface area contributed by atoms with Crippen LogP contribution < -0.4 is 0 Å². The summed E-state index contributed by atoms with van der Waals surface area (Å²) in [7, 11) is 0. The molecule has 0 amide bonds. The smallest absolute Gasteiger partial charge is 0.0227 e. The van der Waals surface area contributed by atoms with Gasteiger partial charge < -0.3 is 0 Å². The van der Waals surface area contributed by atoms with E-state index < -0.39 is 0 Å². The first-order chi connectivity index (χ1) is 6.34. The molecular formula is C13H14. The molecule has 66 valence electrons. The monoisotopic (exact) mass is 170 g/mol. The van der Waals surface area contributed by atoms with Crippen molar-refractivity contribution in [2.45, 2.75) is 6.92 Å². The van der Waals surface area contributed by atoms with E-state index in [1.165, 1.54) is 11.1 Å². The van der Waals surface area contributed by atoms with Gasteiger partial charge in [0.05, 0.1) is 0 Å². The number of allylic oxidation sites excluding steroid dienone is 4. The average molecular weight is 170 g/mol. The molecule has 1 aromatic rings. The lowest BCUT2D eigenvalue weighted by Crippen LogP contribution is -1.76. The molecule has 13 heavy (non-hydrogen) atoms. The summed E-state index contributed by atoms with van der Waals surface area (Å²) < 4.78 is 0. The number of hydrogen-bond donors (Lipinski definition) is 0. The molecule has 0 saturated heterocycles. The highest BCUT2D eigenvalue weighted by molar-refractivity contribution is 5.54. The molecule has 0 aliphatic rings. The lowest BCUT2D eigenvalue weighted by molar-refractivity contribution is 1.44. The summed E-state index contributed by atoms with van der Waals surface area (Å²) in [5, 5.41) is 0. The zero-order valence-corrected chi connectivity index (χ0v) is 7.90. The van der Waals surface area contributed by atoms with Gasteiger partial charge in [-0.2, -0.15) is 0 Å². The van der Waals surface area contributed by atoms with E-state index in [4.69, 9.17) is 0 Å². The van der Waals surface area contributed by atoms with Gasteiger partial charge in [0.25, 0.3) is 0 Å². The van der Waals surface area contributed by atoms with Gasteiger partial charge >= 0.3 is 0 Å². The second-order valence-electron chi connectivity index (χ2n) is 2.84. The third kappa shape index (κ3) is 3.12. The van der Waals surface area contributed by atoms with Crippen molar-refractivity contribution in [3.63, 3.8) is 0 Å². The minimum Gasteiger partial charge on any atom is -0.0991 e. The maximum Gasteiger partial charge on any atom is -0.0227 e. The fraction of sp³-hybridized carbons (Fsp3) is 0.0769. The molecule has 1 rings (SSSR count). The molecule has 0 saturated carbocycles. The van der Waals surface area contributed by atoms with Crippen LogP contribution in [0, 0.1) is 6.92 Å². The van der Waals surface area contributed by atoms with E-state index in [1.807, 2.05) is 30.4 Å². The molecule has 0 heterocycles. The van der Waals surface area contributed by atoms with Crippen molar-refractivity contribution >= 4 is 6.08 Å². The lowest BCUT2D eigenvalue weighted by Gasteiger charge is -1.96. The molecule has 0 atom stereocenters. The molecule has 0 heteroatoms. The van der Waals surface area contributed by atoms with E-state index in [9.17, 15) is 0 Å². The summed E-state index contributed by atoms with van der Waals surface area (Å²) in [6, 6.07) is 8.31. The quantitative estimate of drug-likeness (QED) is 0.606. The topological polar surface area (TPSA) is 0 Å². The van der Waals surface area contributed by atoms with Gasteiger partial charge in [-0.1, -0.05) is 61.2 Å². The van der Waals surface area contributed by atoms with Gasteiger partial charge in [0.15, 0.2) is 0 Å². The number of benzene rings is 1. The first-order valence-electron chi connectivity index (χ1n) is 4.36. The van der Waals surface area contributed by atoms with E-state index >= 15 is 0 Å². The van der Waals surface area contributed by atoms with Gasteiger partial charge in [-0.05, 0) is 18.1 Å². The van der Waals surface area contributed by atoms with Crippen LogP contribution in [0.25, 0.3) is 6.08 Å². The lowest BCUT2D eigenvalue weighted by atomic mass is 10.1. The third-order valence-electron chi connectivity index (χ3n) is 1.82. The SMILES string of the molecule is C=CC=CC=Cc1ccccc1C. The van der Waals surface area contributed by atoms with E-state index in [1.54, 1.807) is 6.08 Å². The van der Waals surface area contributed by atoms with Crippen molar-refractivity contribution in [2.75, 3.05) is 0 Å². The van der Waals surface area contributed by atoms with Crippen LogP contribution in [-0.4, -0.2) is 0 Å². The molecule has 0 N–H and O–H groups in total. The van der Waals surface area contributed by atoms with Crippen LogP contribution in [-0.2, 0) is 0 Å². The predicted molar refractivity (Wildman–Crippen MR) is 59.6 cm³/mol. The molecule has 0 bridgehead atoms. The van der Waals surface area contributed by atoms with Crippen molar-refractivity contribution in [3.05, 3.63) is 66.3 Å². The molecule has 0 nitrogen and oxygen atoms in total. The van der Waals surface area contributed by atoms with Crippen LogP contribution in [0.5, 0.6) is 0 Å². The first-order valence-corrected chi connectivity index (χ1v) is 4.36. The Bertz CT molecular complexity index is 330. The van der Waals surface area contributed by atoms with Gasteiger partial charge in [0.1, 0.15) is 0 Å². The largest absolute Gasteiger partial charge is 0.0991 e. The first kappa shape index (κ1) is 9.53. The van der Waals surface area contributed by atoms with Crippen LogP contribution in [0.4, 0.5) is 0 Å². The molecule has 0 aliphatic heterocycles. The van der Waals surface area contributed by atoms with Crippen LogP contribution >= 0.6 is 0 Å². The highest BCUT2D eigenvalue weighted by Crippen LogP contribution is 2.08. The Morgan fingerprint density at radius 2 is 1.85 bits per heavy atom. The summed E-state index contributed by atoms with van der Waals surface area (Å²) in [5.41, 5.74) is 2.56. The summed E-state index contributed by atoms with van der Waals surface area (Å²) >= 11 is 0. The fourth-order valence-electron chi connectivity index (χ4n) is 1.08. The molecule has 0 unspecified atom stereocenters. The van der Waals surface area contributed by atoms with Crippen LogP contribution in [0.1, 0.15) is 11.1 Å². The van der Waals surface area contributed by atoms with Crippen LogP contribution in [0.3, 0.4) is 0 Å². The molecule has 0 spiro atoms.